The normalized spacial score (nSPS) is 19.6. The SMILES string of the molecule is CCC1C(=O)NC(=O)CN1CC(=O)N(C)CCC(N)=S. The molecule has 1 aliphatic heterocycles. The summed E-state index contributed by atoms with van der Waals surface area (Å²) in [6.45, 7) is 2.36. The van der Waals surface area contributed by atoms with Crippen molar-refractivity contribution in [2.24, 2.45) is 5.73 Å². The minimum absolute atomic E-state index is 0.0332. The summed E-state index contributed by atoms with van der Waals surface area (Å²) < 4.78 is 0. The molecule has 1 saturated heterocycles. The molecule has 0 aromatic carbocycles. The van der Waals surface area contributed by atoms with Gasteiger partial charge < -0.3 is 10.6 Å². The minimum Gasteiger partial charge on any atom is -0.393 e. The highest BCUT2D eigenvalue weighted by Crippen LogP contribution is 2.09. The Labute approximate surface area is 123 Å². The number of piperazine rings is 1. The average molecular weight is 300 g/mol. The molecule has 20 heavy (non-hydrogen) atoms. The van der Waals surface area contributed by atoms with Crippen molar-refractivity contribution in [1.82, 2.24) is 15.1 Å². The van der Waals surface area contributed by atoms with Crippen molar-refractivity contribution < 1.29 is 14.4 Å². The van der Waals surface area contributed by atoms with Crippen LogP contribution in [0.5, 0.6) is 0 Å². The third kappa shape index (κ3) is 4.53. The van der Waals surface area contributed by atoms with Gasteiger partial charge in [0, 0.05) is 20.0 Å². The van der Waals surface area contributed by atoms with Crippen LogP contribution >= 0.6 is 12.2 Å². The van der Waals surface area contributed by atoms with E-state index in [1.54, 1.807) is 11.9 Å². The lowest BCUT2D eigenvalue weighted by molar-refractivity contribution is -0.142. The second-order valence-electron chi connectivity index (χ2n) is 4.77. The fourth-order valence-electron chi connectivity index (χ4n) is 2.03. The summed E-state index contributed by atoms with van der Waals surface area (Å²) in [6.07, 6.45) is 0.997. The zero-order chi connectivity index (χ0) is 15.3. The summed E-state index contributed by atoms with van der Waals surface area (Å²) in [4.78, 5) is 38.6. The number of hydrogen-bond donors (Lipinski definition) is 2. The molecule has 1 unspecified atom stereocenters. The zero-order valence-electron chi connectivity index (χ0n) is 11.7. The highest BCUT2D eigenvalue weighted by atomic mass is 32.1. The number of nitrogens with one attached hydrogen (secondary N) is 1. The Kier molecular flexibility index (Phi) is 6.03. The Balaban J connectivity index is 2.60. The summed E-state index contributed by atoms with van der Waals surface area (Å²) in [5, 5.41) is 2.27. The molecule has 1 aliphatic rings. The van der Waals surface area contributed by atoms with Gasteiger partial charge in [0.2, 0.25) is 17.7 Å². The van der Waals surface area contributed by atoms with E-state index in [1.807, 2.05) is 6.92 Å². The van der Waals surface area contributed by atoms with E-state index in [0.717, 1.165) is 0 Å². The van der Waals surface area contributed by atoms with Crippen molar-refractivity contribution in [3.63, 3.8) is 0 Å². The summed E-state index contributed by atoms with van der Waals surface area (Å²) in [6, 6.07) is -0.444. The lowest BCUT2D eigenvalue weighted by Gasteiger charge is -2.33. The first kappa shape index (κ1) is 16.5. The topological polar surface area (TPSA) is 95.7 Å². The van der Waals surface area contributed by atoms with Crippen LogP contribution in [0.3, 0.4) is 0 Å². The van der Waals surface area contributed by atoms with Crippen molar-refractivity contribution in [2.45, 2.75) is 25.8 Å². The van der Waals surface area contributed by atoms with Crippen LogP contribution in [0.2, 0.25) is 0 Å². The molecule has 0 radical (unpaired) electrons. The summed E-state index contributed by atoms with van der Waals surface area (Å²) in [5.41, 5.74) is 5.39. The number of likely N-dealkylation sites (N-methyl/N-ethyl adjacent to an activating group) is 1. The minimum atomic E-state index is -0.444. The molecule has 0 aromatic rings. The molecule has 1 fully saturated rings. The molecule has 0 spiro atoms. The number of nitrogens with zero attached hydrogens (tertiary/aromatic N) is 2. The predicted molar refractivity (Wildman–Crippen MR) is 77.8 cm³/mol. The Morgan fingerprint density at radius 3 is 2.75 bits per heavy atom. The molecule has 1 rings (SSSR count). The fraction of sp³-hybridized carbons (Fsp3) is 0.667. The van der Waals surface area contributed by atoms with Gasteiger partial charge in [0.25, 0.3) is 0 Å². The van der Waals surface area contributed by atoms with Crippen LogP contribution in [0.1, 0.15) is 19.8 Å². The van der Waals surface area contributed by atoms with Crippen molar-refractivity contribution in [1.29, 1.82) is 0 Å². The zero-order valence-corrected chi connectivity index (χ0v) is 12.5. The maximum absolute atomic E-state index is 12.1. The highest BCUT2D eigenvalue weighted by Gasteiger charge is 2.33. The molecule has 0 aromatic heterocycles. The van der Waals surface area contributed by atoms with Crippen molar-refractivity contribution >= 4 is 34.9 Å². The molecule has 0 saturated carbocycles. The monoisotopic (exact) mass is 300 g/mol. The van der Waals surface area contributed by atoms with E-state index in [-0.39, 0.29) is 30.8 Å². The quantitative estimate of drug-likeness (QED) is 0.475. The molecule has 3 N–H and O–H groups in total. The van der Waals surface area contributed by atoms with Crippen LogP contribution in [0.15, 0.2) is 0 Å². The molecule has 1 heterocycles. The van der Waals surface area contributed by atoms with Crippen LogP contribution in [0, 0.1) is 0 Å². The van der Waals surface area contributed by atoms with Crippen LogP contribution in [0.4, 0.5) is 0 Å². The number of carbonyl (C=O) groups excluding carboxylic acids is 3. The lowest BCUT2D eigenvalue weighted by atomic mass is 10.1. The van der Waals surface area contributed by atoms with Gasteiger partial charge in [-0.25, -0.2) is 0 Å². The first-order valence-electron chi connectivity index (χ1n) is 6.45. The molecular weight excluding hydrogens is 280 g/mol. The van der Waals surface area contributed by atoms with Crippen molar-refractivity contribution in [3.05, 3.63) is 0 Å². The summed E-state index contributed by atoms with van der Waals surface area (Å²) >= 11 is 4.76. The Morgan fingerprint density at radius 1 is 1.55 bits per heavy atom. The third-order valence-corrected chi connectivity index (χ3v) is 3.40. The smallest absolute Gasteiger partial charge is 0.243 e. The van der Waals surface area contributed by atoms with E-state index in [9.17, 15) is 14.4 Å². The second kappa shape index (κ2) is 7.30. The maximum atomic E-state index is 12.1. The molecule has 0 aliphatic carbocycles. The first-order valence-corrected chi connectivity index (χ1v) is 6.86. The number of hydrogen-bond acceptors (Lipinski definition) is 5. The third-order valence-electron chi connectivity index (χ3n) is 3.20. The Bertz CT molecular complexity index is 427. The Hall–Kier alpha value is -1.54. The predicted octanol–water partition coefficient (Wildman–Crippen LogP) is -1.14. The van der Waals surface area contributed by atoms with Gasteiger partial charge in [-0.15, -0.1) is 0 Å². The standard InChI is InChI=1S/C12H20N4O3S/c1-3-8-12(19)14-10(17)6-16(8)7-11(18)15(2)5-4-9(13)20/h8H,3-7H2,1-2H3,(H2,13,20)(H,14,17,19). The average Bonchev–Trinajstić information content (AvgIpc) is 2.35. The maximum Gasteiger partial charge on any atom is 0.243 e. The molecule has 0 bridgehead atoms. The van der Waals surface area contributed by atoms with E-state index in [2.05, 4.69) is 5.32 Å². The molecule has 8 heteroatoms. The number of nitrogens with two attached hydrogens (primary N) is 1. The molecule has 112 valence electrons. The summed E-state index contributed by atoms with van der Waals surface area (Å²) in [5.74, 6) is -0.886. The van der Waals surface area contributed by atoms with Crippen LogP contribution < -0.4 is 11.1 Å². The molecule has 1 atom stereocenters. The van der Waals surface area contributed by atoms with Gasteiger partial charge in [0.1, 0.15) is 0 Å². The fourth-order valence-corrected chi connectivity index (χ4v) is 2.12. The highest BCUT2D eigenvalue weighted by molar-refractivity contribution is 7.80. The number of rotatable bonds is 6. The van der Waals surface area contributed by atoms with E-state index in [0.29, 0.717) is 24.4 Å². The number of thiocarbonyl (C=S) groups is 1. The van der Waals surface area contributed by atoms with Gasteiger partial charge in [0.05, 0.1) is 24.1 Å². The van der Waals surface area contributed by atoms with E-state index < -0.39 is 6.04 Å². The van der Waals surface area contributed by atoms with Gasteiger partial charge in [-0.2, -0.15) is 0 Å². The van der Waals surface area contributed by atoms with E-state index in [1.165, 1.54) is 4.90 Å². The van der Waals surface area contributed by atoms with Crippen molar-refractivity contribution in [2.75, 3.05) is 26.7 Å². The lowest BCUT2D eigenvalue weighted by Crippen LogP contribution is -2.59. The second-order valence-corrected chi connectivity index (χ2v) is 5.30. The van der Waals surface area contributed by atoms with Gasteiger partial charge in [-0.3, -0.25) is 24.6 Å². The number of carbonyl (C=O) groups is 3. The summed E-state index contributed by atoms with van der Waals surface area (Å²) in [7, 11) is 1.65. The van der Waals surface area contributed by atoms with Crippen LogP contribution in [0.25, 0.3) is 0 Å². The van der Waals surface area contributed by atoms with Gasteiger partial charge in [-0.1, -0.05) is 19.1 Å². The van der Waals surface area contributed by atoms with Crippen LogP contribution in [-0.4, -0.2) is 65.2 Å². The van der Waals surface area contributed by atoms with Gasteiger partial charge >= 0.3 is 0 Å². The van der Waals surface area contributed by atoms with Crippen molar-refractivity contribution in [3.8, 4) is 0 Å². The molecule has 7 nitrogen and oxygen atoms in total. The van der Waals surface area contributed by atoms with Gasteiger partial charge in [-0.05, 0) is 6.42 Å². The largest absolute Gasteiger partial charge is 0.393 e. The van der Waals surface area contributed by atoms with Gasteiger partial charge in [0.15, 0.2) is 0 Å². The van der Waals surface area contributed by atoms with Crippen LogP contribution in [-0.2, 0) is 14.4 Å². The Morgan fingerprint density at radius 2 is 2.20 bits per heavy atom. The number of amides is 3. The molecular formula is C12H20N4O3S. The van der Waals surface area contributed by atoms with E-state index in [4.69, 9.17) is 18.0 Å². The first-order chi connectivity index (χ1) is 9.35. The van der Waals surface area contributed by atoms with E-state index >= 15 is 0 Å². The number of imide groups is 1. The molecule has 3 amide bonds.